The summed E-state index contributed by atoms with van der Waals surface area (Å²) in [6.07, 6.45) is 4.37. The van der Waals surface area contributed by atoms with Crippen molar-refractivity contribution in [1.82, 2.24) is 15.3 Å². The molecule has 2 rings (SSSR count). The molecule has 0 spiro atoms. The Balaban J connectivity index is 2.61. The van der Waals surface area contributed by atoms with Crippen LogP contribution >= 0.6 is 0 Å². The molecule has 0 unspecified atom stereocenters. The molecule has 4 N–H and O–H groups in total. The summed E-state index contributed by atoms with van der Waals surface area (Å²) in [4.78, 5) is 8.10. The maximum atomic E-state index is 7.10. The third-order valence-electron chi connectivity index (χ3n) is 2.50. The number of allylic oxidation sites excluding steroid dienone is 1. The van der Waals surface area contributed by atoms with Crippen LogP contribution < -0.4 is 11.1 Å². The summed E-state index contributed by atoms with van der Waals surface area (Å²) < 4.78 is 0. The van der Waals surface area contributed by atoms with Gasteiger partial charge in [0.15, 0.2) is 0 Å². The van der Waals surface area contributed by atoms with Crippen LogP contribution in [0.4, 0.5) is 5.82 Å². The molecular weight excluding hydrogens is 214 g/mol. The van der Waals surface area contributed by atoms with E-state index in [1.807, 2.05) is 25.2 Å². The van der Waals surface area contributed by atoms with Gasteiger partial charge in [-0.1, -0.05) is 6.07 Å². The van der Waals surface area contributed by atoms with Crippen molar-refractivity contribution in [2.45, 2.75) is 0 Å². The zero-order chi connectivity index (χ0) is 12.3. The fourth-order valence-corrected chi connectivity index (χ4v) is 1.65. The van der Waals surface area contributed by atoms with E-state index in [-0.39, 0.29) is 0 Å². The molecule has 0 amide bonds. The van der Waals surface area contributed by atoms with Gasteiger partial charge >= 0.3 is 0 Å². The predicted octanol–water partition coefficient (Wildman–Crippen LogP) is 1.42. The van der Waals surface area contributed by atoms with E-state index in [4.69, 9.17) is 11.1 Å². The van der Waals surface area contributed by atoms with Crippen molar-refractivity contribution in [2.75, 3.05) is 12.8 Å². The Morgan fingerprint density at radius 3 is 2.94 bits per heavy atom. The molecule has 0 aliphatic carbocycles. The highest BCUT2D eigenvalue weighted by molar-refractivity contribution is 5.92. The van der Waals surface area contributed by atoms with Crippen LogP contribution in [-0.2, 0) is 0 Å². The number of aromatic nitrogens is 2. The molecule has 2 aromatic rings. The molecule has 0 bridgehead atoms. The number of fused-ring (bicyclic) bond motifs is 1. The lowest BCUT2D eigenvalue weighted by atomic mass is 10.1. The Morgan fingerprint density at radius 1 is 1.41 bits per heavy atom. The van der Waals surface area contributed by atoms with Crippen LogP contribution in [0.15, 0.2) is 30.6 Å². The largest absolute Gasteiger partial charge is 0.388 e. The number of nitrogens with zero attached hydrogens (tertiary/aromatic N) is 2. The van der Waals surface area contributed by atoms with Crippen molar-refractivity contribution in [3.05, 3.63) is 36.2 Å². The van der Waals surface area contributed by atoms with Crippen LogP contribution in [0.1, 0.15) is 5.56 Å². The molecule has 0 atom stereocenters. The molecule has 1 aromatic heterocycles. The highest BCUT2D eigenvalue weighted by Gasteiger charge is 2.04. The van der Waals surface area contributed by atoms with E-state index in [2.05, 4.69) is 15.3 Å². The van der Waals surface area contributed by atoms with Crippen LogP contribution in [0.3, 0.4) is 0 Å². The minimum absolute atomic E-state index is 0.460. The molecule has 5 nitrogen and oxygen atoms in total. The second-order valence-corrected chi connectivity index (χ2v) is 3.49. The summed E-state index contributed by atoms with van der Waals surface area (Å²) in [6.45, 7) is 0. The van der Waals surface area contributed by atoms with Gasteiger partial charge in [-0.3, -0.25) is 0 Å². The Hall–Kier alpha value is -2.43. The van der Waals surface area contributed by atoms with Crippen molar-refractivity contribution in [1.29, 1.82) is 5.41 Å². The second kappa shape index (κ2) is 4.61. The number of hydrogen-bond acceptors (Lipinski definition) is 5. The first kappa shape index (κ1) is 11.1. The summed E-state index contributed by atoms with van der Waals surface area (Å²) in [7, 11) is 1.81. The fraction of sp³-hybridized carbons (Fsp3) is 0.0833. The van der Waals surface area contributed by atoms with Crippen molar-refractivity contribution in [3.63, 3.8) is 0 Å². The van der Waals surface area contributed by atoms with Gasteiger partial charge in [0, 0.05) is 24.3 Å². The molecule has 17 heavy (non-hydrogen) atoms. The van der Waals surface area contributed by atoms with Crippen molar-refractivity contribution in [2.24, 2.45) is 0 Å². The van der Waals surface area contributed by atoms with Gasteiger partial charge in [-0.05, 0) is 23.8 Å². The topological polar surface area (TPSA) is 87.7 Å². The predicted molar refractivity (Wildman–Crippen MR) is 69.8 cm³/mol. The number of nitrogens with one attached hydrogen (secondary N) is 2. The molecule has 86 valence electrons. The molecule has 0 radical (unpaired) electrons. The Morgan fingerprint density at radius 2 is 2.24 bits per heavy atom. The monoisotopic (exact) mass is 227 g/mol. The quantitative estimate of drug-likeness (QED) is 0.692. The van der Waals surface area contributed by atoms with Crippen LogP contribution in [0.5, 0.6) is 0 Å². The van der Waals surface area contributed by atoms with E-state index in [1.54, 1.807) is 6.08 Å². The lowest BCUT2D eigenvalue weighted by molar-refractivity contribution is 1.13. The lowest BCUT2D eigenvalue weighted by Gasteiger charge is -2.08. The minimum Gasteiger partial charge on any atom is -0.388 e. The van der Waals surface area contributed by atoms with E-state index >= 15 is 0 Å². The lowest BCUT2D eigenvalue weighted by Crippen LogP contribution is -2.05. The molecule has 0 saturated heterocycles. The van der Waals surface area contributed by atoms with Crippen LogP contribution in [0, 0.1) is 5.41 Å². The van der Waals surface area contributed by atoms with Gasteiger partial charge in [-0.25, -0.2) is 9.97 Å². The van der Waals surface area contributed by atoms with E-state index < -0.39 is 0 Å². The Labute approximate surface area is 98.9 Å². The molecule has 0 aliphatic rings. The first-order valence-corrected chi connectivity index (χ1v) is 5.15. The van der Waals surface area contributed by atoms with Crippen molar-refractivity contribution < 1.29 is 0 Å². The summed E-state index contributed by atoms with van der Waals surface area (Å²) >= 11 is 0. The molecular formula is C12H13N5. The maximum absolute atomic E-state index is 7.10. The van der Waals surface area contributed by atoms with Crippen molar-refractivity contribution in [3.8, 4) is 0 Å². The summed E-state index contributed by atoms with van der Waals surface area (Å²) in [5, 5.41) is 10.9. The smallest absolute Gasteiger partial charge is 0.134 e. The molecule has 1 heterocycles. The average Bonchev–Trinajstić information content (AvgIpc) is 2.36. The van der Waals surface area contributed by atoms with Crippen LogP contribution in [0.25, 0.3) is 16.6 Å². The molecule has 5 heteroatoms. The van der Waals surface area contributed by atoms with E-state index in [9.17, 15) is 0 Å². The van der Waals surface area contributed by atoms with Gasteiger partial charge in [-0.15, -0.1) is 0 Å². The summed E-state index contributed by atoms with van der Waals surface area (Å²) in [6, 6.07) is 5.73. The van der Waals surface area contributed by atoms with Gasteiger partial charge < -0.3 is 16.5 Å². The second-order valence-electron chi connectivity index (χ2n) is 3.49. The number of benzene rings is 1. The fourth-order valence-electron chi connectivity index (χ4n) is 1.65. The minimum atomic E-state index is 0.460. The first-order chi connectivity index (χ1) is 8.26. The normalized spacial score (nSPS) is 11.5. The van der Waals surface area contributed by atoms with Crippen LogP contribution in [-0.4, -0.2) is 23.2 Å². The summed E-state index contributed by atoms with van der Waals surface area (Å²) in [5.41, 5.74) is 8.42. The molecule has 1 aromatic carbocycles. The molecule has 0 aliphatic heterocycles. The van der Waals surface area contributed by atoms with Gasteiger partial charge in [0.05, 0.1) is 5.52 Å². The zero-order valence-electron chi connectivity index (χ0n) is 9.44. The van der Waals surface area contributed by atoms with E-state index in [0.717, 1.165) is 22.2 Å². The SMILES string of the molecule is CN/C(=C\C=N)c1ccc2ncnc(N)c2c1. The summed E-state index contributed by atoms with van der Waals surface area (Å²) in [5.74, 6) is 0.460. The third kappa shape index (κ3) is 2.08. The van der Waals surface area contributed by atoms with Gasteiger partial charge in [0.2, 0.25) is 0 Å². The van der Waals surface area contributed by atoms with E-state index in [0.29, 0.717) is 5.82 Å². The zero-order valence-corrected chi connectivity index (χ0v) is 9.44. The Kier molecular flexibility index (Phi) is 3.00. The third-order valence-corrected chi connectivity index (χ3v) is 2.50. The van der Waals surface area contributed by atoms with Gasteiger partial charge in [-0.2, -0.15) is 0 Å². The number of hydrogen-bond donors (Lipinski definition) is 3. The van der Waals surface area contributed by atoms with Crippen molar-refractivity contribution >= 4 is 28.6 Å². The highest BCUT2D eigenvalue weighted by Crippen LogP contribution is 2.21. The number of nitrogen functional groups attached to an aromatic ring is 1. The number of nitrogens with two attached hydrogens (primary N) is 1. The maximum Gasteiger partial charge on any atom is 0.134 e. The van der Waals surface area contributed by atoms with E-state index in [1.165, 1.54) is 12.5 Å². The van der Waals surface area contributed by atoms with Gasteiger partial charge in [0.25, 0.3) is 0 Å². The van der Waals surface area contributed by atoms with Crippen LogP contribution in [0.2, 0.25) is 0 Å². The average molecular weight is 227 g/mol. The molecule has 0 saturated carbocycles. The first-order valence-electron chi connectivity index (χ1n) is 5.15. The number of rotatable bonds is 3. The standard InChI is InChI=1S/C12H13N5/c1-15-10(4-5-13)8-2-3-11-9(6-8)12(14)17-7-16-11/h2-7,13,15H,1H3,(H2,14,16,17)/b10-4-,13-5?. The van der Waals surface area contributed by atoms with Gasteiger partial charge in [0.1, 0.15) is 12.1 Å². The number of anilines is 1. The highest BCUT2D eigenvalue weighted by atomic mass is 14.9. The Bertz CT molecular complexity index is 588. The molecule has 0 fully saturated rings.